The van der Waals surface area contributed by atoms with E-state index in [1.165, 1.54) is 16.4 Å². The van der Waals surface area contributed by atoms with Gasteiger partial charge in [0.05, 0.1) is 37.1 Å². The molecular weight excluding hydrogens is 802 g/mol. The van der Waals surface area contributed by atoms with Gasteiger partial charge < -0.3 is 35.0 Å². The number of nitrogens with zero attached hydrogens (tertiary/aromatic N) is 5. The lowest BCUT2D eigenvalue weighted by atomic mass is 9.92. The third kappa shape index (κ3) is 9.62. The van der Waals surface area contributed by atoms with Crippen molar-refractivity contribution in [3.8, 4) is 39.4 Å². The van der Waals surface area contributed by atoms with Crippen LogP contribution in [0.4, 0.5) is 9.59 Å². The number of amides is 4. The van der Waals surface area contributed by atoms with Gasteiger partial charge in [-0.1, -0.05) is 48.0 Å². The standard InChI is InChI=1S/C45H48ClN7O8/c1-26-32(27-18-19-53-31(20-27)15-12-28(42(53)56)22-51(43(57)58)23-29-13-16-38(54)48-29)8-6-9-33(26)34-10-7-11-35(40(34)46)36-21-47-37(41(50-36)60-5)25-52(44(59)61-45(2,3)4)24-30-14-17-39(55)49-30/h6-12,15,18-21,29-30H,13-14,16-17,22-25H2,1-5H3,(H,48,54)(H,49,55)(H,57,58)/t29-,30-/m0/s1. The second kappa shape index (κ2) is 17.6. The van der Waals surface area contributed by atoms with Gasteiger partial charge in [0.1, 0.15) is 11.3 Å². The van der Waals surface area contributed by atoms with Crippen molar-refractivity contribution in [3.05, 3.63) is 105 Å². The molecule has 5 heterocycles. The van der Waals surface area contributed by atoms with Crippen LogP contribution < -0.4 is 20.9 Å². The van der Waals surface area contributed by atoms with Crippen LogP contribution in [0.5, 0.6) is 5.88 Å². The van der Waals surface area contributed by atoms with Gasteiger partial charge in [-0.15, -0.1) is 0 Å². The average molecular weight is 850 g/mol. The first-order chi connectivity index (χ1) is 29.1. The Morgan fingerprint density at radius 3 is 2.15 bits per heavy atom. The molecule has 2 atom stereocenters. The molecule has 0 aliphatic carbocycles. The number of carbonyl (C=O) groups excluding carboxylic acids is 3. The third-order valence-corrected chi connectivity index (χ3v) is 11.2. The number of rotatable bonds is 12. The molecule has 16 heteroatoms. The highest BCUT2D eigenvalue weighted by Gasteiger charge is 2.30. The first-order valence-electron chi connectivity index (χ1n) is 20.1. The number of methoxy groups -OCH3 is 1. The van der Waals surface area contributed by atoms with Gasteiger partial charge in [-0.05, 0) is 87.1 Å². The Morgan fingerprint density at radius 2 is 1.52 bits per heavy atom. The summed E-state index contributed by atoms with van der Waals surface area (Å²) >= 11 is 7.19. The summed E-state index contributed by atoms with van der Waals surface area (Å²) in [6.45, 7) is 7.63. The molecule has 0 spiro atoms. The van der Waals surface area contributed by atoms with E-state index in [4.69, 9.17) is 26.1 Å². The minimum absolute atomic E-state index is 0.0355. The molecule has 2 aliphatic rings. The summed E-state index contributed by atoms with van der Waals surface area (Å²) in [7, 11) is 1.48. The number of aromatic nitrogens is 3. The van der Waals surface area contributed by atoms with Crippen molar-refractivity contribution in [1.29, 1.82) is 0 Å². The number of nitrogens with one attached hydrogen (secondary N) is 2. The fourth-order valence-electron chi connectivity index (χ4n) is 7.80. The number of hydrogen-bond donors (Lipinski definition) is 3. The van der Waals surface area contributed by atoms with Gasteiger partial charge in [0, 0.05) is 66.4 Å². The summed E-state index contributed by atoms with van der Waals surface area (Å²) < 4.78 is 12.9. The van der Waals surface area contributed by atoms with Crippen LogP contribution in [-0.2, 0) is 27.4 Å². The molecular formula is C45H48ClN7O8. The van der Waals surface area contributed by atoms with Crippen molar-refractivity contribution in [2.45, 2.75) is 84.2 Å². The van der Waals surface area contributed by atoms with Crippen LogP contribution in [0, 0.1) is 6.92 Å². The molecule has 4 amide bonds. The monoisotopic (exact) mass is 849 g/mol. The molecule has 2 aliphatic heterocycles. The summed E-state index contributed by atoms with van der Waals surface area (Å²) in [6.07, 6.45) is 3.46. The molecule has 2 saturated heterocycles. The number of halogens is 1. The quantitative estimate of drug-likeness (QED) is 0.120. The largest absolute Gasteiger partial charge is 0.480 e. The van der Waals surface area contributed by atoms with Gasteiger partial charge in [0.25, 0.3) is 5.56 Å². The Kier molecular flexibility index (Phi) is 12.3. The van der Waals surface area contributed by atoms with E-state index in [9.17, 15) is 29.1 Å². The normalized spacial score (nSPS) is 16.3. The molecule has 0 unspecified atom stereocenters. The van der Waals surface area contributed by atoms with Gasteiger partial charge in [0.2, 0.25) is 17.7 Å². The molecule has 3 aromatic heterocycles. The Balaban J connectivity index is 1.14. The molecule has 318 valence electrons. The van der Waals surface area contributed by atoms with Crippen molar-refractivity contribution in [2.75, 3.05) is 20.2 Å². The number of pyridine rings is 2. The van der Waals surface area contributed by atoms with Gasteiger partial charge >= 0.3 is 12.2 Å². The fraction of sp³-hybridized carbons (Fsp3) is 0.356. The van der Waals surface area contributed by atoms with E-state index in [-0.39, 0.29) is 61.5 Å². The zero-order chi connectivity index (χ0) is 43.6. The minimum Gasteiger partial charge on any atom is -0.480 e. The summed E-state index contributed by atoms with van der Waals surface area (Å²) in [5.74, 6) is 0.0441. The van der Waals surface area contributed by atoms with Crippen molar-refractivity contribution in [1.82, 2.24) is 34.8 Å². The molecule has 5 aromatic rings. The highest BCUT2D eigenvalue weighted by atomic mass is 35.5. The van der Waals surface area contributed by atoms with Gasteiger partial charge in [-0.3, -0.25) is 23.8 Å². The smallest absolute Gasteiger partial charge is 0.410 e. The zero-order valence-corrected chi connectivity index (χ0v) is 35.4. The third-order valence-electron chi connectivity index (χ3n) is 10.8. The van der Waals surface area contributed by atoms with Crippen LogP contribution in [0.15, 0.2) is 77.9 Å². The molecule has 2 fully saturated rings. The first kappa shape index (κ1) is 42.6. The predicted octanol–water partition coefficient (Wildman–Crippen LogP) is 6.84. The van der Waals surface area contributed by atoms with Crippen LogP contribution in [0.25, 0.3) is 39.0 Å². The van der Waals surface area contributed by atoms with Gasteiger partial charge in [0.15, 0.2) is 0 Å². The van der Waals surface area contributed by atoms with E-state index in [1.54, 1.807) is 45.3 Å². The van der Waals surface area contributed by atoms with E-state index < -0.39 is 17.8 Å². The summed E-state index contributed by atoms with van der Waals surface area (Å²) in [5, 5.41) is 16.0. The van der Waals surface area contributed by atoms with E-state index in [0.29, 0.717) is 58.7 Å². The second-order valence-corrected chi connectivity index (χ2v) is 16.7. The number of fused-ring (bicyclic) bond motifs is 1. The number of hydrogen-bond acceptors (Lipinski definition) is 9. The zero-order valence-electron chi connectivity index (χ0n) is 34.7. The highest BCUT2D eigenvalue weighted by Crippen LogP contribution is 2.40. The van der Waals surface area contributed by atoms with E-state index in [2.05, 4.69) is 15.6 Å². The molecule has 0 radical (unpaired) electrons. The Morgan fingerprint density at radius 1 is 0.885 bits per heavy atom. The van der Waals surface area contributed by atoms with Crippen LogP contribution >= 0.6 is 11.6 Å². The van der Waals surface area contributed by atoms with E-state index in [1.807, 2.05) is 55.5 Å². The molecule has 15 nitrogen and oxygen atoms in total. The van der Waals surface area contributed by atoms with Crippen LogP contribution in [0.1, 0.15) is 63.3 Å². The minimum atomic E-state index is -1.17. The van der Waals surface area contributed by atoms with Crippen molar-refractivity contribution < 1.29 is 33.8 Å². The molecule has 3 N–H and O–H groups in total. The maximum atomic E-state index is 13.6. The lowest BCUT2D eigenvalue weighted by molar-refractivity contribution is -0.120. The highest BCUT2D eigenvalue weighted by molar-refractivity contribution is 6.36. The lowest BCUT2D eigenvalue weighted by Gasteiger charge is -2.29. The van der Waals surface area contributed by atoms with Crippen LogP contribution in [0.3, 0.4) is 0 Å². The topological polar surface area (TPSA) is 185 Å². The first-order valence-corrected chi connectivity index (χ1v) is 20.4. The average Bonchev–Trinajstić information content (AvgIpc) is 3.84. The van der Waals surface area contributed by atoms with Crippen LogP contribution in [0.2, 0.25) is 5.02 Å². The molecule has 61 heavy (non-hydrogen) atoms. The molecule has 0 saturated carbocycles. The van der Waals surface area contributed by atoms with Gasteiger partial charge in [-0.25, -0.2) is 14.6 Å². The molecule has 0 bridgehead atoms. The van der Waals surface area contributed by atoms with Crippen LogP contribution in [-0.4, -0.2) is 91.2 Å². The van der Waals surface area contributed by atoms with Gasteiger partial charge in [-0.2, -0.15) is 0 Å². The molecule has 7 rings (SSSR count). The SMILES string of the molecule is COc1nc(-c2cccc(-c3cccc(-c4ccn5c(=O)c(CN(C[C@@H]6CCC(=O)N6)C(=O)O)ccc5c4)c3C)c2Cl)cnc1CN(C[C@@H]1CCC(=O)N1)C(=O)OC(C)(C)C. The van der Waals surface area contributed by atoms with Crippen molar-refractivity contribution in [3.63, 3.8) is 0 Å². The lowest BCUT2D eigenvalue weighted by Crippen LogP contribution is -2.44. The van der Waals surface area contributed by atoms with Crippen molar-refractivity contribution in [2.24, 2.45) is 0 Å². The van der Waals surface area contributed by atoms with E-state index in [0.717, 1.165) is 32.7 Å². The number of carbonyl (C=O) groups is 4. The number of carboxylic acid groups (broad SMARTS) is 1. The molecule has 2 aromatic carbocycles. The van der Waals surface area contributed by atoms with E-state index >= 15 is 0 Å². The summed E-state index contributed by atoms with van der Waals surface area (Å²) in [5.41, 5.74) is 5.76. The summed E-state index contributed by atoms with van der Waals surface area (Å²) in [6, 6.07) is 18.3. The second-order valence-electron chi connectivity index (χ2n) is 16.4. The number of benzene rings is 2. The Labute approximate surface area is 357 Å². The fourth-order valence-corrected chi connectivity index (χ4v) is 8.12. The Bertz CT molecular complexity index is 2590. The van der Waals surface area contributed by atoms with Crippen molar-refractivity contribution >= 4 is 41.1 Å². The Hall–Kier alpha value is -6.48. The predicted molar refractivity (Wildman–Crippen MR) is 229 cm³/mol. The summed E-state index contributed by atoms with van der Waals surface area (Å²) in [4.78, 5) is 74.6. The number of ether oxygens (including phenoxy) is 2. The maximum absolute atomic E-state index is 13.6. The maximum Gasteiger partial charge on any atom is 0.410 e.